The minimum Gasteiger partial charge on any atom is -0.370 e. The van der Waals surface area contributed by atoms with Gasteiger partial charge in [-0.1, -0.05) is 13.3 Å². The van der Waals surface area contributed by atoms with Crippen molar-refractivity contribution in [3.63, 3.8) is 0 Å². The zero-order valence-corrected chi connectivity index (χ0v) is 13.2. The second-order valence-electron chi connectivity index (χ2n) is 5.07. The summed E-state index contributed by atoms with van der Waals surface area (Å²) in [5.74, 6) is 1.06. The highest BCUT2D eigenvalue weighted by Crippen LogP contribution is 2.09. The van der Waals surface area contributed by atoms with Gasteiger partial charge in [0.15, 0.2) is 0 Å². The van der Waals surface area contributed by atoms with Gasteiger partial charge in [-0.15, -0.1) is 0 Å². The summed E-state index contributed by atoms with van der Waals surface area (Å²) in [7, 11) is 0. The maximum Gasteiger partial charge on any atom is 0.229 e. The first-order valence-electron chi connectivity index (χ1n) is 7.58. The number of rotatable bonds is 8. The molecule has 0 amide bonds. The highest BCUT2D eigenvalue weighted by atomic mass is 35.5. The lowest BCUT2D eigenvalue weighted by Crippen LogP contribution is -3.14. The molecular weight excluding hydrogens is 292 g/mol. The van der Waals surface area contributed by atoms with Crippen molar-refractivity contribution in [2.45, 2.75) is 19.8 Å². The summed E-state index contributed by atoms with van der Waals surface area (Å²) < 4.78 is 5.34. The van der Waals surface area contributed by atoms with Crippen LogP contribution in [0.4, 0.5) is 11.9 Å². The van der Waals surface area contributed by atoms with Crippen molar-refractivity contribution in [3.8, 4) is 0 Å². The fourth-order valence-corrected chi connectivity index (χ4v) is 2.31. The molecule has 0 aromatic carbocycles. The van der Waals surface area contributed by atoms with E-state index in [9.17, 15) is 0 Å². The molecular formula is C13H24ClN6O+. The van der Waals surface area contributed by atoms with Crippen LogP contribution in [0.3, 0.4) is 0 Å². The van der Waals surface area contributed by atoms with Crippen molar-refractivity contribution < 1.29 is 9.64 Å². The molecule has 1 saturated heterocycles. The summed E-state index contributed by atoms with van der Waals surface area (Å²) in [4.78, 5) is 14.0. The third-order valence-corrected chi connectivity index (χ3v) is 3.55. The van der Waals surface area contributed by atoms with Crippen molar-refractivity contribution in [2.75, 3.05) is 56.6 Å². The van der Waals surface area contributed by atoms with E-state index in [1.54, 1.807) is 0 Å². The van der Waals surface area contributed by atoms with Gasteiger partial charge in [0.1, 0.15) is 13.1 Å². The molecule has 0 aliphatic carbocycles. The Bertz CT molecular complexity index is 427. The highest BCUT2D eigenvalue weighted by molar-refractivity contribution is 6.28. The number of hydrogen-bond donors (Lipinski definition) is 3. The maximum atomic E-state index is 5.93. The normalized spacial score (nSPS) is 15.9. The van der Waals surface area contributed by atoms with E-state index < -0.39 is 0 Å². The van der Waals surface area contributed by atoms with Gasteiger partial charge in [0.05, 0.1) is 26.3 Å². The van der Waals surface area contributed by atoms with Crippen molar-refractivity contribution in [1.82, 2.24) is 15.0 Å². The molecule has 0 unspecified atom stereocenters. The van der Waals surface area contributed by atoms with Gasteiger partial charge in [0.25, 0.3) is 0 Å². The summed E-state index contributed by atoms with van der Waals surface area (Å²) in [6.07, 6.45) is 2.20. The zero-order valence-electron chi connectivity index (χ0n) is 12.5. The molecule has 1 aliphatic heterocycles. The van der Waals surface area contributed by atoms with E-state index in [0.29, 0.717) is 11.9 Å². The lowest BCUT2D eigenvalue weighted by Gasteiger charge is -2.23. The smallest absolute Gasteiger partial charge is 0.229 e. The van der Waals surface area contributed by atoms with Gasteiger partial charge in [-0.2, -0.15) is 15.0 Å². The van der Waals surface area contributed by atoms with Crippen LogP contribution in [-0.4, -0.2) is 60.9 Å². The molecule has 8 heteroatoms. The number of hydrogen-bond acceptors (Lipinski definition) is 6. The second-order valence-corrected chi connectivity index (χ2v) is 5.41. The van der Waals surface area contributed by atoms with Gasteiger partial charge in [0.2, 0.25) is 17.2 Å². The molecule has 0 spiro atoms. The van der Waals surface area contributed by atoms with E-state index in [0.717, 1.165) is 58.8 Å². The average Bonchev–Trinajstić information content (AvgIpc) is 2.48. The van der Waals surface area contributed by atoms with Gasteiger partial charge < -0.3 is 20.3 Å². The molecule has 2 rings (SSSR count). The van der Waals surface area contributed by atoms with Gasteiger partial charge in [0, 0.05) is 6.54 Å². The molecule has 118 valence electrons. The number of unbranched alkanes of at least 4 members (excludes halogenated alkanes) is 1. The van der Waals surface area contributed by atoms with Crippen molar-refractivity contribution in [2.24, 2.45) is 0 Å². The Kier molecular flexibility index (Phi) is 6.91. The number of nitrogens with zero attached hydrogens (tertiary/aromatic N) is 3. The first-order valence-corrected chi connectivity index (χ1v) is 7.96. The fraction of sp³-hybridized carbons (Fsp3) is 0.769. The largest absolute Gasteiger partial charge is 0.370 e. The minimum atomic E-state index is 0.213. The molecule has 0 radical (unpaired) electrons. The fourth-order valence-electron chi connectivity index (χ4n) is 2.15. The molecule has 1 fully saturated rings. The summed E-state index contributed by atoms with van der Waals surface area (Å²) in [5, 5.41) is 6.59. The summed E-state index contributed by atoms with van der Waals surface area (Å²) in [6.45, 7) is 8.62. The van der Waals surface area contributed by atoms with Crippen LogP contribution in [-0.2, 0) is 4.74 Å². The third-order valence-electron chi connectivity index (χ3n) is 3.38. The Hall–Kier alpha value is -1.18. The van der Waals surface area contributed by atoms with Crippen LogP contribution in [0.25, 0.3) is 0 Å². The lowest BCUT2D eigenvalue weighted by molar-refractivity contribution is -0.906. The van der Waals surface area contributed by atoms with E-state index in [1.807, 2.05) is 0 Å². The van der Waals surface area contributed by atoms with Crippen LogP contribution in [0.2, 0.25) is 5.28 Å². The van der Waals surface area contributed by atoms with Crippen LogP contribution in [0.5, 0.6) is 0 Å². The molecule has 3 N–H and O–H groups in total. The molecule has 1 aromatic heterocycles. The number of ether oxygens (including phenoxy) is 1. The Morgan fingerprint density at radius 2 is 1.76 bits per heavy atom. The van der Waals surface area contributed by atoms with Crippen LogP contribution in [0, 0.1) is 0 Å². The average molecular weight is 316 g/mol. The molecule has 0 saturated carbocycles. The topological polar surface area (TPSA) is 76.4 Å². The predicted molar refractivity (Wildman–Crippen MR) is 83.1 cm³/mol. The minimum absolute atomic E-state index is 0.213. The molecule has 0 bridgehead atoms. The van der Waals surface area contributed by atoms with Crippen molar-refractivity contribution >= 4 is 23.5 Å². The molecule has 21 heavy (non-hydrogen) atoms. The first-order chi connectivity index (χ1) is 10.3. The SMILES string of the molecule is CCCCNc1nc(Cl)nc(NCC[NH+]2CCOCC2)n1. The Labute approximate surface area is 130 Å². The zero-order chi connectivity index (χ0) is 14.9. The van der Waals surface area contributed by atoms with Crippen LogP contribution < -0.4 is 15.5 Å². The molecule has 7 nitrogen and oxygen atoms in total. The third kappa shape index (κ3) is 5.99. The van der Waals surface area contributed by atoms with Crippen molar-refractivity contribution in [1.29, 1.82) is 0 Å². The highest BCUT2D eigenvalue weighted by Gasteiger charge is 2.13. The van der Waals surface area contributed by atoms with E-state index >= 15 is 0 Å². The Balaban J connectivity index is 1.78. The maximum absolute atomic E-state index is 5.93. The van der Waals surface area contributed by atoms with Crippen molar-refractivity contribution in [3.05, 3.63) is 5.28 Å². The van der Waals surface area contributed by atoms with Crippen LogP contribution in [0.15, 0.2) is 0 Å². The quantitative estimate of drug-likeness (QED) is 0.589. The van der Waals surface area contributed by atoms with Gasteiger partial charge in [-0.25, -0.2) is 0 Å². The van der Waals surface area contributed by atoms with E-state index in [-0.39, 0.29) is 5.28 Å². The molecule has 1 aromatic rings. The number of morpholine rings is 1. The van der Waals surface area contributed by atoms with E-state index in [2.05, 4.69) is 32.5 Å². The number of quaternary nitrogens is 1. The first kappa shape index (κ1) is 16.2. The molecule has 1 aliphatic rings. The summed E-state index contributed by atoms with van der Waals surface area (Å²) in [6, 6.07) is 0. The van der Waals surface area contributed by atoms with E-state index in [1.165, 1.54) is 4.90 Å². The monoisotopic (exact) mass is 315 g/mol. The molecule has 0 atom stereocenters. The van der Waals surface area contributed by atoms with Gasteiger partial charge >= 0.3 is 0 Å². The van der Waals surface area contributed by atoms with Crippen LogP contribution >= 0.6 is 11.6 Å². The van der Waals surface area contributed by atoms with E-state index in [4.69, 9.17) is 16.3 Å². The number of halogens is 1. The number of nitrogens with one attached hydrogen (secondary N) is 3. The standard InChI is InChI=1S/C13H23ClN6O/c1-2-3-4-15-12-17-11(14)18-13(19-12)16-5-6-20-7-9-21-10-8-20/h2-10H2,1H3,(H2,15,16,17,18,19)/p+1. The Morgan fingerprint density at radius 1 is 1.10 bits per heavy atom. The van der Waals surface area contributed by atoms with Gasteiger partial charge in [-0.05, 0) is 18.0 Å². The number of aromatic nitrogens is 3. The second kappa shape index (κ2) is 8.96. The lowest BCUT2D eigenvalue weighted by atomic mass is 10.3. The van der Waals surface area contributed by atoms with Gasteiger partial charge in [-0.3, -0.25) is 0 Å². The Morgan fingerprint density at radius 3 is 2.43 bits per heavy atom. The number of anilines is 2. The molecule has 2 heterocycles. The predicted octanol–water partition coefficient (Wildman–Crippen LogP) is 0.0640. The summed E-state index contributed by atoms with van der Waals surface area (Å²) in [5.41, 5.74) is 0. The summed E-state index contributed by atoms with van der Waals surface area (Å²) >= 11 is 5.93. The van der Waals surface area contributed by atoms with Crippen LogP contribution in [0.1, 0.15) is 19.8 Å².